The molecule has 0 aliphatic carbocycles. The van der Waals surface area contributed by atoms with Crippen molar-refractivity contribution >= 4 is 5.91 Å². The Morgan fingerprint density at radius 1 is 1.19 bits per heavy atom. The maximum absolute atomic E-state index is 12.6. The summed E-state index contributed by atoms with van der Waals surface area (Å²) < 4.78 is 0. The molecule has 4 nitrogen and oxygen atoms in total. The first kappa shape index (κ1) is 16.8. The van der Waals surface area contributed by atoms with E-state index in [0.29, 0.717) is 36.9 Å². The molecule has 0 aromatic heterocycles. The number of piperidine rings is 2. The van der Waals surface area contributed by atoms with Crippen molar-refractivity contribution in [3.05, 3.63) is 0 Å². The molecule has 0 radical (unpaired) electrons. The molecule has 2 heterocycles. The zero-order valence-corrected chi connectivity index (χ0v) is 14.1. The predicted octanol–water partition coefficient (Wildman–Crippen LogP) is 1.94. The van der Waals surface area contributed by atoms with Crippen molar-refractivity contribution in [3.8, 4) is 0 Å². The van der Waals surface area contributed by atoms with Gasteiger partial charge in [0.1, 0.15) is 0 Å². The Labute approximate surface area is 130 Å². The van der Waals surface area contributed by atoms with E-state index >= 15 is 0 Å². The summed E-state index contributed by atoms with van der Waals surface area (Å²) in [7, 11) is 0. The lowest BCUT2D eigenvalue weighted by Gasteiger charge is -2.41. The van der Waals surface area contributed by atoms with Gasteiger partial charge in [0.15, 0.2) is 0 Å². The second kappa shape index (κ2) is 7.59. The zero-order valence-electron chi connectivity index (χ0n) is 14.1. The number of carbonyl (C=O) groups excluding carboxylic acids is 1. The van der Waals surface area contributed by atoms with Crippen LogP contribution in [0.15, 0.2) is 0 Å². The third kappa shape index (κ3) is 4.43. The van der Waals surface area contributed by atoms with Crippen molar-refractivity contribution in [2.75, 3.05) is 32.7 Å². The highest BCUT2D eigenvalue weighted by molar-refractivity contribution is 5.78. The first-order valence-corrected chi connectivity index (χ1v) is 8.75. The van der Waals surface area contributed by atoms with E-state index in [0.717, 1.165) is 32.0 Å². The van der Waals surface area contributed by atoms with Gasteiger partial charge in [0.05, 0.1) is 6.54 Å². The van der Waals surface area contributed by atoms with Gasteiger partial charge in [0.25, 0.3) is 0 Å². The lowest BCUT2D eigenvalue weighted by Crippen LogP contribution is -2.52. The second-order valence-corrected chi connectivity index (χ2v) is 7.40. The third-order valence-corrected chi connectivity index (χ3v) is 5.36. The molecule has 21 heavy (non-hydrogen) atoms. The monoisotopic (exact) mass is 295 g/mol. The summed E-state index contributed by atoms with van der Waals surface area (Å²) in [4.78, 5) is 17.0. The van der Waals surface area contributed by atoms with Gasteiger partial charge in [-0.05, 0) is 43.6 Å². The number of likely N-dealkylation sites (tertiary alicyclic amines) is 2. The molecule has 1 amide bonds. The molecular formula is C17H33N3O. The fourth-order valence-electron chi connectivity index (χ4n) is 4.15. The van der Waals surface area contributed by atoms with Crippen molar-refractivity contribution in [2.24, 2.45) is 23.5 Å². The van der Waals surface area contributed by atoms with Crippen molar-refractivity contribution in [1.82, 2.24) is 9.80 Å². The normalized spacial score (nSPS) is 35.0. The molecule has 0 spiro atoms. The van der Waals surface area contributed by atoms with Gasteiger partial charge in [-0.3, -0.25) is 9.69 Å². The topological polar surface area (TPSA) is 49.6 Å². The van der Waals surface area contributed by atoms with Gasteiger partial charge in [0.2, 0.25) is 5.91 Å². The highest BCUT2D eigenvalue weighted by Gasteiger charge is 2.31. The number of hydrogen-bond donors (Lipinski definition) is 1. The van der Waals surface area contributed by atoms with Crippen LogP contribution in [0.2, 0.25) is 0 Å². The lowest BCUT2D eigenvalue weighted by atomic mass is 9.88. The van der Waals surface area contributed by atoms with E-state index in [1.165, 1.54) is 19.3 Å². The minimum Gasteiger partial charge on any atom is -0.341 e. The minimum atomic E-state index is 0.307. The molecule has 2 saturated heterocycles. The molecule has 2 rings (SSSR count). The standard InChI is InChI=1S/C17H33N3O/c1-4-15-5-6-19(16(8-15)9-18)12-17(21)20-10-13(2)7-14(3)11-20/h13-16H,4-12,18H2,1-3H3. The van der Waals surface area contributed by atoms with Gasteiger partial charge in [0, 0.05) is 25.7 Å². The Morgan fingerprint density at radius 2 is 1.86 bits per heavy atom. The molecule has 0 saturated carbocycles. The molecule has 4 atom stereocenters. The van der Waals surface area contributed by atoms with Crippen LogP contribution in [0, 0.1) is 17.8 Å². The molecule has 4 heteroatoms. The van der Waals surface area contributed by atoms with Crippen LogP contribution in [-0.2, 0) is 4.79 Å². The largest absolute Gasteiger partial charge is 0.341 e. The Bertz CT molecular complexity index is 337. The Morgan fingerprint density at radius 3 is 2.43 bits per heavy atom. The molecule has 2 fully saturated rings. The van der Waals surface area contributed by atoms with E-state index in [4.69, 9.17) is 5.73 Å². The van der Waals surface area contributed by atoms with E-state index in [1.807, 2.05) is 0 Å². The summed E-state index contributed by atoms with van der Waals surface area (Å²) in [6.45, 7) is 10.9. The van der Waals surface area contributed by atoms with Crippen LogP contribution in [0.1, 0.15) is 46.5 Å². The second-order valence-electron chi connectivity index (χ2n) is 7.40. The van der Waals surface area contributed by atoms with Crippen LogP contribution in [0.25, 0.3) is 0 Å². The van der Waals surface area contributed by atoms with Gasteiger partial charge >= 0.3 is 0 Å². The zero-order chi connectivity index (χ0) is 15.4. The summed E-state index contributed by atoms with van der Waals surface area (Å²) in [6, 6.07) is 0.396. The van der Waals surface area contributed by atoms with E-state index in [1.54, 1.807) is 0 Å². The molecule has 0 bridgehead atoms. The van der Waals surface area contributed by atoms with E-state index < -0.39 is 0 Å². The highest BCUT2D eigenvalue weighted by Crippen LogP contribution is 2.26. The smallest absolute Gasteiger partial charge is 0.236 e. The molecule has 122 valence electrons. The number of rotatable bonds is 4. The number of carbonyl (C=O) groups is 1. The first-order valence-electron chi connectivity index (χ1n) is 8.75. The lowest BCUT2D eigenvalue weighted by molar-refractivity contribution is -0.136. The van der Waals surface area contributed by atoms with Crippen LogP contribution in [0.5, 0.6) is 0 Å². The van der Waals surface area contributed by atoms with Gasteiger partial charge < -0.3 is 10.6 Å². The van der Waals surface area contributed by atoms with E-state index in [-0.39, 0.29) is 0 Å². The fraction of sp³-hybridized carbons (Fsp3) is 0.941. The quantitative estimate of drug-likeness (QED) is 0.862. The summed E-state index contributed by atoms with van der Waals surface area (Å²) in [5, 5.41) is 0. The summed E-state index contributed by atoms with van der Waals surface area (Å²) in [5.41, 5.74) is 5.94. The van der Waals surface area contributed by atoms with Crippen LogP contribution >= 0.6 is 0 Å². The van der Waals surface area contributed by atoms with Crippen molar-refractivity contribution < 1.29 is 4.79 Å². The van der Waals surface area contributed by atoms with Gasteiger partial charge in [-0.2, -0.15) is 0 Å². The predicted molar refractivity (Wildman–Crippen MR) is 87.0 cm³/mol. The average Bonchev–Trinajstić information content (AvgIpc) is 2.46. The van der Waals surface area contributed by atoms with Crippen molar-refractivity contribution in [3.63, 3.8) is 0 Å². The Kier molecular flexibility index (Phi) is 6.06. The maximum atomic E-state index is 12.6. The highest BCUT2D eigenvalue weighted by atomic mass is 16.2. The van der Waals surface area contributed by atoms with Crippen molar-refractivity contribution in [1.29, 1.82) is 0 Å². The summed E-state index contributed by atoms with van der Waals surface area (Å²) in [5.74, 6) is 2.37. The number of amides is 1. The van der Waals surface area contributed by atoms with Crippen molar-refractivity contribution in [2.45, 2.75) is 52.5 Å². The molecule has 0 aromatic carbocycles. The molecule has 0 aromatic rings. The number of hydrogen-bond acceptors (Lipinski definition) is 3. The Balaban J connectivity index is 1.89. The Hall–Kier alpha value is -0.610. The molecule has 2 aliphatic rings. The van der Waals surface area contributed by atoms with Crippen LogP contribution in [-0.4, -0.2) is 54.5 Å². The van der Waals surface area contributed by atoms with Crippen LogP contribution in [0.3, 0.4) is 0 Å². The minimum absolute atomic E-state index is 0.307. The first-order chi connectivity index (χ1) is 10.0. The van der Waals surface area contributed by atoms with E-state index in [9.17, 15) is 4.79 Å². The molecule has 2 N–H and O–H groups in total. The molecular weight excluding hydrogens is 262 g/mol. The third-order valence-electron chi connectivity index (χ3n) is 5.36. The molecule has 2 aliphatic heterocycles. The number of nitrogens with zero attached hydrogens (tertiary/aromatic N) is 2. The fourth-order valence-corrected chi connectivity index (χ4v) is 4.15. The van der Waals surface area contributed by atoms with Crippen LogP contribution < -0.4 is 5.73 Å². The summed E-state index contributed by atoms with van der Waals surface area (Å²) >= 11 is 0. The van der Waals surface area contributed by atoms with Crippen LogP contribution in [0.4, 0.5) is 0 Å². The maximum Gasteiger partial charge on any atom is 0.236 e. The van der Waals surface area contributed by atoms with Gasteiger partial charge in [-0.25, -0.2) is 0 Å². The average molecular weight is 295 g/mol. The number of nitrogens with two attached hydrogens (primary N) is 1. The van der Waals surface area contributed by atoms with E-state index in [2.05, 4.69) is 30.6 Å². The molecule has 4 unspecified atom stereocenters. The van der Waals surface area contributed by atoms with Gasteiger partial charge in [-0.15, -0.1) is 0 Å². The van der Waals surface area contributed by atoms with Gasteiger partial charge in [-0.1, -0.05) is 27.2 Å². The SMILES string of the molecule is CCC1CCN(CC(=O)N2CC(C)CC(C)C2)C(CN)C1. The summed E-state index contributed by atoms with van der Waals surface area (Å²) in [6.07, 6.45) is 4.86.